The summed E-state index contributed by atoms with van der Waals surface area (Å²) in [5, 5.41) is 3.18. The van der Waals surface area contributed by atoms with Crippen LogP contribution in [0.4, 0.5) is 11.4 Å². The molecule has 0 amide bonds. The van der Waals surface area contributed by atoms with Crippen LogP contribution in [-0.4, -0.2) is 39.3 Å². The Labute approximate surface area is 126 Å². The van der Waals surface area contributed by atoms with Crippen LogP contribution >= 0.6 is 0 Å². The molecular weight excluding hydrogens is 266 g/mol. The summed E-state index contributed by atoms with van der Waals surface area (Å²) in [7, 11) is 1.69. The highest BCUT2D eigenvalue weighted by molar-refractivity contribution is 5.93. The van der Waals surface area contributed by atoms with Gasteiger partial charge in [0.05, 0.1) is 0 Å². The Balaban J connectivity index is 1.88. The van der Waals surface area contributed by atoms with Gasteiger partial charge in [0, 0.05) is 44.7 Å². The van der Waals surface area contributed by atoms with Crippen molar-refractivity contribution in [3.63, 3.8) is 0 Å². The monoisotopic (exact) mass is 291 g/mol. The molecule has 0 radical (unpaired) electrons. The van der Waals surface area contributed by atoms with Crippen molar-refractivity contribution < 1.29 is 4.74 Å². The van der Waals surface area contributed by atoms with Gasteiger partial charge in [0.15, 0.2) is 0 Å². The number of ether oxygens (including phenoxy) is 1. The van der Waals surface area contributed by atoms with Gasteiger partial charge in [0.25, 0.3) is 0 Å². The number of nitrogens with zero attached hydrogens (tertiary/aromatic N) is 2. The van der Waals surface area contributed by atoms with Gasteiger partial charge in [-0.3, -0.25) is 10.4 Å². The summed E-state index contributed by atoms with van der Waals surface area (Å²) < 4.78 is 4.99. The molecule has 1 aliphatic heterocycles. The smallest absolute Gasteiger partial charge is 0.210 e. The first-order valence-corrected chi connectivity index (χ1v) is 7.45. The molecule has 6 heteroatoms. The number of aliphatic imine (C=N–C) groups is 1. The fourth-order valence-corrected chi connectivity index (χ4v) is 2.39. The van der Waals surface area contributed by atoms with Gasteiger partial charge in [0.1, 0.15) is 0 Å². The fraction of sp³-hybridized carbons (Fsp3) is 0.533. The van der Waals surface area contributed by atoms with Crippen molar-refractivity contribution in [2.75, 3.05) is 43.6 Å². The molecule has 2 rings (SSSR count). The number of nitrogens with two attached hydrogens (primary N) is 1. The van der Waals surface area contributed by atoms with Crippen molar-refractivity contribution in [2.24, 2.45) is 10.8 Å². The Morgan fingerprint density at radius 1 is 1.29 bits per heavy atom. The molecule has 1 fully saturated rings. The van der Waals surface area contributed by atoms with Crippen LogP contribution in [0.25, 0.3) is 0 Å². The van der Waals surface area contributed by atoms with Crippen molar-refractivity contribution in [2.45, 2.75) is 19.3 Å². The van der Waals surface area contributed by atoms with Gasteiger partial charge in [-0.1, -0.05) is 0 Å². The minimum absolute atomic E-state index is 0.569. The topological polar surface area (TPSA) is 74.9 Å². The van der Waals surface area contributed by atoms with Gasteiger partial charge < -0.3 is 15.0 Å². The van der Waals surface area contributed by atoms with Crippen molar-refractivity contribution in [1.82, 2.24) is 5.43 Å². The second-order valence-electron chi connectivity index (χ2n) is 5.09. The summed E-state index contributed by atoms with van der Waals surface area (Å²) in [6.45, 7) is 3.69. The third-order valence-corrected chi connectivity index (χ3v) is 3.51. The maximum absolute atomic E-state index is 5.48. The maximum Gasteiger partial charge on any atom is 0.210 e. The van der Waals surface area contributed by atoms with E-state index in [4.69, 9.17) is 10.6 Å². The molecule has 1 saturated heterocycles. The number of guanidine groups is 1. The minimum Gasteiger partial charge on any atom is -0.385 e. The van der Waals surface area contributed by atoms with Crippen LogP contribution in [0, 0.1) is 0 Å². The Morgan fingerprint density at radius 2 is 2.00 bits per heavy atom. The quantitative estimate of drug-likeness (QED) is 0.244. The van der Waals surface area contributed by atoms with E-state index < -0.39 is 0 Å². The van der Waals surface area contributed by atoms with Crippen LogP contribution in [0.3, 0.4) is 0 Å². The average molecular weight is 291 g/mol. The largest absolute Gasteiger partial charge is 0.385 e. The zero-order valence-corrected chi connectivity index (χ0v) is 12.6. The lowest BCUT2D eigenvalue weighted by Crippen LogP contribution is -2.36. The maximum atomic E-state index is 5.48. The van der Waals surface area contributed by atoms with Gasteiger partial charge in [-0.2, -0.15) is 0 Å². The van der Waals surface area contributed by atoms with E-state index in [1.807, 2.05) is 0 Å². The SMILES string of the molecule is COCCCN=C(NN)Nc1ccc(N2CCCC2)cc1. The van der Waals surface area contributed by atoms with E-state index >= 15 is 0 Å². The number of nitrogens with one attached hydrogen (secondary N) is 2. The van der Waals surface area contributed by atoms with Crippen LogP contribution in [-0.2, 0) is 4.74 Å². The highest BCUT2D eigenvalue weighted by Crippen LogP contribution is 2.21. The number of rotatable bonds is 6. The highest BCUT2D eigenvalue weighted by atomic mass is 16.5. The number of hydrogen-bond donors (Lipinski definition) is 3. The highest BCUT2D eigenvalue weighted by Gasteiger charge is 2.11. The zero-order chi connectivity index (χ0) is 14.9. The summed E-state index contributed by atoms with van der Waals surface area (Å²) in [5.41, 5.74) is 4.83. The Hall–Kier alpha value is -1.79. The fourth-order valence-electron chi connectivity index (χ4n) is 2.39. The number of anilines is 2. The van der Waals surface area contributed by atoms with Crippen molar-refractivity contribution >= 4 is 17.3 Å². The lowest BCUT2D eigenvalue weighted by atomic mass is 10.2. The summed E-state index contributed by atoms with van der Waals surface area (Å²) >= 11 is 0. The first kappa shape index (κ1) is 15.6. The zero-order valence-electron chi connectivity index (χ0n) is 12.6. The Bertz CT molecular complexity index is 440. The van der Waals surface area contributed by atoms with E-state index in [1.165, 1.54) is 18.5 Å². The van der Waals surface area contributed by atoms with E-state index in [1.54, 1.807) is 7.11 Å². The first-order valence-electron chi connectivity index (χ1n) is 7.45. The molecule has 0 bridgehead atoms. The number of hydrazine groups is 1. The second-order valence-corrected chi connectivity index (χ2v) is 5.09. The van der Waals surface area contributed by atoms with Crippen molar-refractivity contribution in [3.05, 3.63) is 24.3 Å². The van der Waals surface area contributed by atoms with Crippen molar-refractivity contribution in [1.29, 1.82) is 0 Å². The summed E-state index contributed by atoms with van der Waals surface area (Å²) in [6.07, 6.45) is 3.45. The molecule has 1 aromatic carbocycles. The minimum atomic E-state index is 0.569. The van der Waals surface area contributed by atoms with E-state index in [2.05, 4.69) is 44.9 Å². The standard InChI is InChI=1S/C15H25N5O/c1-21-12-4-9-17-15(19-16)18-13-5-7-14(8-6-13)20-10-2-3-11-20/h5-8H,2-4,9-12,16H2,1H3,(H2,17,18,19). The molecular formula is C15H25N5O. The number of benzene rings is 1. The second kappa shape index (κ2) is 8.49. The Kier molecular flexibility index (Phi) is 6.30. The summed E-state index contributed by atoms with van der Waals surface area (Å²) in [6, 6.07) is 8.37. The molecule has 6 nitrogen and oxygen atoms in total. The molecule has 116 valence electrons. The summed E-state index contributed by atoms with van der Waals surface area (Å²) in [5.74, 6) is 6.05. The van der Waals surface area contributed by atoms with Crippen LogP contribution in [0.5, 0.6) is 0 Å². The van der Waals surface area contributed by atoms with E-state index in [-0.39, 0.29) is 0 Å². The van der Waals surface area contributed by atoms with Gasteiger partial charge >= 0.3 is 0 Å². The van der Waals surface area contributed by atoms with E-state index in [9.17, 15) is 0 Å². The molecule has 0 atom stereocenters. The molecule has 0 aliphatic carbocycles. The lowest BCUT2D eigenvalue weighted by Gasteiger charge is -2.18. The third kappa shape index (κ3) is 4.91. The molecule has 0 spiro atoms. The normalized spacial score (nSPS) is 15.3. The van der Waals surface area contributed by atoms with Crippen molar-refractivity contribution in [3.8, 4) is 0 Å². The predicted octanol–water partition coefficient (Wildman–Crippen LogP) is 1.55. The number of hydrogen-bond acceptors (Lipinski definition) is 4. The average Bonchev–Trinajstić information content (AvgIpc) is 3.05. The molecule has 1 aromatic rings. The van der Waals surface area contributed by atoms with Crippen LogP contribution in [0.2, 0.25) is 0 Å². The van der Waals surface area contributed by atoms with Gasteiger partial charge in [-0.05, 0) is 43.5 Å². The molecule has 1 aliphatic rings. The lowest BCUT2D eigenvalue weighted by molar-refractivity contribution is 0.197. The van der Waals surface area contributed by atoms with Gasteiger partial charge in [-0.25, -0.2) is 5.84 Å². The third-order valence-electron chi connectivity index (χ3n) is 3.51. The van der Waals surface area contributed by atoms with Crippen LogP contribution < -0.4 is 21.5 Å². The molecule has 0 saturated carbocycles. The van der Waals surface area contributed by atoms with Crippen LogP contribution in [0.15, 0.2) is 29.3 Å². The first-order chi connectivity index (χ1) is 10.3. The van der Waals surface area contributed by atoms with E-state index in [0.717, 1.165) is 25.2 Å². The Morgan fingerprint density at radius 3 is 2.62 bits per heavy atom. The number of methoxy groups -OCH3 is 1. The van der Waals surface area contributed by atoms with E-state index in [0.29, 0.717) is 19.1 Å². The molecule has 0 unspecified atom stereocenters. The molecule has 4 N–H and O–H groups in total. The predicted molar refractivity (Wildman–Crippen MR) is 87.6 cm³/mol. The molecule has 1 heterocycles. The molecule has 21 heavy (non-hydrogen) atoms. The van der Waals surface area contributed by atoms with Crippen LogP contribution in [0.1, 0.15) is 19.3 Å². The van der Waals surface area contributed by atoms with Gasteiger partial charge in [-0.15, -0.1) is 0 Å². The summed E-state index contributed by atoms with van der Waals surface area (Å²) in [4.78, 5) is 6.76. The molecule has 0 aromatic heterocycles. The van der Waals surface area contributed by atoms with Gasteiger partial charge in [0.2, 0.25) is 5.96 Å².